The molecular weight excluding hydrogens is 240 g/mol. The molecule has 102 valence electrons. The van der Waals surface area contributed by atoms with E-state index in [0.717, 1.165) is 44.6 Å². The van der Waals surface area contributed by atoms with Gasteiger partial charge >= 0.3 is 0 Å². The summed E-state index contributed by atoms with van der Waals surface area (Å²) in [5.74, 6) is 0.156. The molecule has 1 atom stereocenters. The molecule has 4 nitrogen and oxygen atoms in total. The van der Waals surface area contributed by atoms with Crippen molar-refractivity contribution < 1.29 is 9.53 Å². The lowest BCUT2D eigenvalue weighted by Crippen LogP contribution is -2.39. The van der Waals surface area contributed by atoms with Gasteiger partial charge in [0.25, 0.3) is 0 Å². The number of nitrogens with one attached hydrogen (secondary N) is 1. The van der Waals surface area contributed by atoms with E-state index >= 15 is 0 Å². The number of ether oxygens (including phenoxy) is 1. The molecule has 3 rings (SSSR count). The zero-order valence-electron chi connectivity index (χ0n) is 11.1. The molecule has 19 heavy (non-hydrogen) atoms. The highest BCUT2D eigenvalue weighted by molar-refractivity contribution is 5.96. The maximum absolute atomic E-state index is 12.2. The minimum Gasteiger partial charge on any atom is -0.377 e. The van der Waals surface area contributed by atoms with Crippen LogP contribution >= 0.6 is 0 Å². The molecule has 1 aromatic carbocycles. The summed E-state index contributed by atoms with van der Waals surface area (Å²) in [4.78, 5) is 14.1. The lowest BCUT2D eigenvalue weighted by molar-refractivity contribution is -0.117. The predicted molar refractivity (Wildman–Crippen MR) is 74.3 cm³/mol. The van der Waals surface area contributed by atoms with Crippen molar-refractivity contribution in [2.24, 2.45) is 0 Å². The SMILES string of the molecule is O=C(CNCC1CCCO1)N1CCc2ccccc21. The second-order valence-corrected chi connectivity index (χ2v) is 5.19. The first-order valence-electron chi connectivity index (χ1n) is 7.05. The number of para-hydroxylation sites is 1. The molecule has 0 spiro atoms. The quantitative estimate of drug-likeness (QED) is 0.888. The summed E-state index contributed by atoms with van der Waals surface area (Å²) in [5.41, 5.74) is 2.35. The molecule has 1 N–H and O–H groups in total. The van der Waals surface area contributed by atoms with Crippen LogP contribution in [-0.2, 0) is 16.0 Å². The fourth-order valence-corrected chi connectivity index (χ4v) is 2.84. The average molecular weight is 260 g/mol. The van der Waals surface area contributed by atoms with E-state index in [4.69, 9.17) is 4.74 Å². The molecule has 1 unspecified atom stereocenters. The lowest BCUT2D eigenvalue weighted by atomic mass is 10.2. The Balaban J connectivity index is 1.51. The van der Waals surface area contributed by atoms with Crippen LogP contribution in [0.15, 0.2) is 24.3 Å². The summed E-state index contributed by atoms with van der Waals surface area (Å²) < 4.78 is 5.53. The van der Waals surface area contributed by atoms with Crippen molar-refractivity contribution in [3.8, 4) is 0 Å². The van der Waals surface area contributed by atoms with Crippen molar-refractivity contribution in [1.82, 2.24) is 5.32 Å². The van der Waals surface area contributed by atoms with Gasteiger partial charge in [0.1, 0.15) is 0 Å². The maximum atomic E-state index is 12.2. The first-order valence-corrected chi connectivity index (χ1v) is 7.05. The molecule has 2 heterocycles. The van der Waals surface area contributed by atoms with Crippen molar-refractivity contribution in [1.29, 1.82) is 0 Å². The number of amides is 1. The Labute approximate surface area is 113 Å². The third-order valence-electron chi connectivity index (χ3n) is 3.86. The number of fused-ring (bicyclic) bond motifs is 1. The van der Waals surface area contributed by atoms with Crippen LogP contribution in [0.3, 0.4) is 0 Å². The van der Waals surface area contributed by atoms with E-state index in [9.17, 15) is 4.79 Å². The van der Waals surface area contributed by atoms with Crippen LogP contribution in [0.25, 0.3) is 0 Å². The van der Waals surface area contributed by atoms with E-state index in [-0.39, 0.29) is 5.91 Å². The van der Waals surface area contributed by atoms with Crippen molar-refractivity contribution in [3.63, 3.8) is 0 Å². The van der Waals surface area contributed by atoms with E-state index in [1.54, 1.807) is 0 Å². The highest BCUT2D eigenvalue weighted by atomic mass is 16.5. The van der Waals surface area contributed by atoms with Gasteiger partial charge in [-0.15, -0.1) is 0 Å². The molecule has 2 aliphatic rings. The topological polar surface area (TPSA) is 41.6 Å². The molecule has 0 radical (unpaired) electrons. The number of anilines is 1. The van der Waals surface area contributed by atoms with Crippen LogP contribution < -0.4 is 10.2 Å². The van der Waals surface area contributed by atoms with Gasteiger partial charge in [-0.25, -0.2) is 0 Å². The zero-order valence-corrected chi connectivity index (χ0v) is 11.1. The van der Waals surface area contributed by atoms with Crippen molar-refractivity contribution in [2.75, 3.05) is 31.1 Å². The van der Waals surface area contributed by atoms with Crippen molar-refractivity contribution >= 4 is 11.6 Å². The van der Waals surface area contributed by atoms with E-state index in [2.05, 4.69) is 11.4 Å². The van der Waals surface area contributed by atoms with Gasteiger partial charge in [-0.1, -0.05) is 18.2 Å². The third-order valence-corrected chi connectivity index (χ3v) is 3.86. The fourth-order valence-electron chi connectivity index (χ4n) is 2.84. The van der Waals surface area contributed by atoms with Gasteiger partial charge in [0.05, 0.1) is 12.6 Å². The summed E-state index contributed by atoms with van der Waals surface area (Å²) in [7, 11) is 0. The van der Waals surface area contributed by atoms with Gasteiger partial charge in [-0.05, 0) is 30.9 Å². The number of carbonyl (C=O) groups excluding carboxylic acids is 1. The van der Waals surface area contributed by atoms with Crippen LogP contribution in [0.1, 0.15) is 18.4 Å². The highest BCUT2D eigenvalue weighted by Gasteiger charge is 2.24. The number of hydrogen-bond acceptors (Lipinski definition) is 3. The molecule has 2 aliphatic heterocycles. The Kier molecular flexibility index (Phi) is 3.80. The van der Waals surface area contributed by atoms with Gasteiger partial charge < -0.3 is 15.0 Å². The molecule has 1 amide bonds. The van der Waals surface area contributed by atoms with Crippen molar-refractivity contribution in [3.05, 3.63) is 29.8 Å². The zero-order chi connectivity index (χ0) is 13.1. The Morgan fingerprint density at radius 1 is 1.42 bits per heavy atom. The Morgan fingerprint density at radius 3 is 3.16 bits per heavy atom. The van der Waals surface area contributed by atoms with E-state index in [1.165, 1.54) is 5.56 Å². The third kappa shape index (κ3) is 2.80. The Hall–Kier alpha value is -1.39. The average Bonchev–Trinajstić information content (AvgIpc) is 3.07. The normalized spacial score (nSPS) is 21.7. The molecule has 0 bridgehead atoms. The van der Waals surface area contributed by atoms with Gasteiger partial charge in [0.2, 0.25) is 5.91 Å². The molecular formula is C15H20N2O2. The molecule has 1 aromatic rings. The summed E-state index contributed by atoms with van der Waals surface area (Å²) >= 11 is 0. The highest BCUT2D eigenvalue weighted by Crippen LogP contribution is 2.27. The number of rotatable bonds is 4. The number of nitrogens with zero attached hydrogens (tertiary/aromatic N) is 1. The largest absolute Gasteiger partial charge is 0.377 e. The molecule has 0 saturated carbocycles. The van der Waals surface area contributed by atoms with E-state index < -0.39 is 0 Å². The van der Waals surface area contributed by atoms with Gasteiger partial charge in [0.15, 0.2) is 0 Å². The molecule has 0 aliphatic carbocycles. The second kappa shape index (κ2) is 5.72. The van der Waals surface area contributed by atoms with Gasteiger partial charge in [-0.2, -0.15) is 0 Å². The van der Waals surface area contributed by atoms with E-state index in [1.807, 2.05) is 23.1 Å². The van der Waals surface area contributed by atoms with Crippen LogP contribution in [0.2, 0.25) is 0 Å². The number of benzene rings is 1. The first kappa shape index (κ1) is 12.6. The molecule has 4 heteroatoms. The predicted octanol–water partition coefficient (Wildman–Crippen LogP) is 1.34. The van der Waals surface area contributed by atoms with Crippen molar-refractivity contribution in [2.45, 2.75) is 25.4 Å². The first-order chi connectivity index (χ1) is 9.34. The minimum atomic E-state index is 0.156. The molecule has 1 fully saturated rings. The van der Waals surface area contributed by atoms with E-state index in [0.29, 0.717) is 12.6 Å². The second-order valence-electron chi connectivity index (χ2n) is 5.19. The monoisotopic (exact) mass is 260 g/mol. The van der Waals surface area contributed by atoms with Gasteiger partial charge in [-0.3, -0.25) is 4.79 Å². The van der Waals surface area contributed by atoms with Crippen LogP contribution in [0, 0.1) is 0 Å². The smallest absolute Gasteiger partial charge is 0.240 e. The summed E-state index contributed by atoms with van der Waals surface area (Å²) in [6, 6.07) is 8.15. The fraction of sp³-hybridized carbons (Fsp3) is 0.533. The van der Waals surface area contributed by atoms with Crippen LogP contribution in [-0.4, -0.2) is 38.3 Å². The molecule has 1 saturated heterocycles. The van der Waals surface area contributed by atoms with Crippen LogP contribution in [0.4, 0.5) is 5.69 Å². The van der Waals surface area contributed by atoms with Gasteiger partial charge in [0, 0.05) is 25.4 Å². The lowest BCUT2D eigenvalue weighted by Gasteiger charge is -2.18. The Bertz CT molecular complexity index is 455. The minimum absolute atomic E-state index is 0.156. The number of hydrogen-bond donors (Lipinski definition) is 1. The molecule has 0 aromatic heterocycles. The maximum Gasteiger partial charge on any atom is 0.240 e. The summed E-state index contributed by atoms with van der Waals surface area (Å²) in [6.45, 7) is 2.84. The summed E-state index contributed by atoms with van der Waals surface area (Å²) in [5, 5.41) is 3.22. The summed E-state index contributed by atoms with van der Waals surface area (Å²) in [6.07, 6.45) is 3.50. The van der Waals surface area contributed by atoms with Crippen LogP contribution in [0.5, 0.6) is 0 Å². The number of carbonyl (C=O) groups is 1. The Morgan fingerprint density at radius 2 is 2.32 bits per heavy atom. The standard InChI is InChI=1S/C15H20N2O2/c18-15(11-16-10-13-5-3-9-19-13)17-8-7-12-4-1-2-6-14(12)17/h1-2,4,6,13,16H,3,5,7-11H2.